The molecule has 1 fully saturated rings. The van der Waals surface area contributed by atoms with Crippen molar-refractivity contribution >= 4 is 0 Å². The van der Waals surface area contributed by atoms with Crippen LogP contribution < -0.4 is 9.47 Å². The minimum absolute atomic E-state index is 0.338. The van der Waals surface area contributed by atoms with Crippen molar-refractivity contribution < 1.29 is 9.47 Å². The molecule has 1 aliphatic heterocycles. The molecule has 2 aromatic rings. The molecule has 0 aromatic heterocycles. The third kappa shape index (κ3) is 4.82. The number of para-hydroxylation sites is 1. The molecule has 1 aliphatic rings. The highest BCUT2D eigenvalue weighted by atomic mass is 16.5. The molecule has 27 heavy (non-hydrogen) atoms. The molecule has 4 heteroatoms. The van der Waals surface area contributed by atoms with Crippen LogP contribution in [0.25, 0.3) is 0 Å². The van der Waals surface area contributed by atoms with Crippen LogP contribution in [0.4, 0.5) is 0 Å². The van der Waals surface area contributed by atoms with Crippen molar-refractivity contribution in [2.24, 2.45) is 0 Å². The minimum atomic E-state index is 0.338. The molecule has 0 saturated carbocycles. The summed E-state index contributed by atoms with van der Waals surface area (Å²) in [6.07, 6.45) is 2.33. The predicted octanol–water partition coefficient (Wildman–Crippen LogP) is 4.02. The van der Waals surface area contributed by atoms with E-state index in [1.165, 1.54) is 17.5 Å². The lowest BCUT2D eigenvalue weighted by atomic mass is 10.00. The molecule has 0 N–H and O–H groups in total. The third-order valence-corrected chi connectivity index (χ3v) is 5.56. The van der Waals surface area contributed by atoms with Gasteiger partial charge in [-0.3, -0.25) is 4.90 Å². The summed E-state index contributed by atoms with van der Waals surface area (Å²) >= 11 is 0. The van der Waals surface area contributed by atoms with Gasteiger partial charge in [-0.05, 0) is 37.6 Å². The van der Waals surface area contributed by atoms with Gasteiger partial charge in [0.2, 0.25) is 0 Å². The molecule has 146 valence electrons. The Hall–Kier alpha value is -2.04. The van der Waals surface area contributed by atoms with E-state index in [0.717, 1.165) is 50.6 Å². The van der Waals surface area contributed by atoms with E-state index in [-0.39, 0.29) is 0 Å². The van der Waals surface area contributed by atoms with E-state index in [9.17, 15) is 0 Å². The zero-order valence-electron chi connectivity index (χ0n) is 16.9. The van der Waals surface area contributed by atoms with E-state index in [1.807, 2.05) is 6.07 Å². The van der Waals surface area contributed by atoms with Crippen LogP contribution in [0.3, 0.4) is 0 Å². The summed E-state index contributed by atoms with van der Waals surface area (Å²) in [6.45, 7) is 7.67. The number of benzene rings is 2. The maximum Gasteiger partial charge on any atom is 0.165 e. The fourth-order valence-electron chi connectivity index (χ4n) is 4.08. The smallest absolute Gasteiger partial charge is 0.165 e. The van der Waals surface area contributed by atoms with Gasteiger partial charge in [0.15, 0.2) is 11.5 Å². The lowest BCUT2D eigenvalue weighted by Gasteiger charge is -2.41. The Morgan fingerprint density at radius 1 is 0.963 bits per heavy atom. The number of rotatable bonds is 8. The minimum Gasteiger partial charge on any atom is -0.493 e. The zero-order valence-corrected chi connectivity index (χ0v) is 16.9. The van der Waals surface area contributed by atoms with Crippen LogP contribution in [-0.2, 0) is 6.42 Å². The number of likely N-dealkylation sites (N-methyl/N-ethyl adjacent to an activating group) is 1. The van der Waals surface area contributed by atoms with Gasteiger partial charge in [-0.2, -0.15) is 0 Å². The summed E-state index contributed by atoms with van der Waals surface area (Å²) in [5.41, 5.74) is 2.65. The van der Waals surface area contributed by atoms with Crippen molar-refractivity contribution in [1.82, 2.24) is 9.80 Å². The first-order valence-electron chi connectivity index (χ1n) is 9.98. The van der Waals surface area contributed by atoms with Crippen molar-refractivity contribution in [1.29, 1.82) is 0 Å². The van der Waals surface area contributed by atoms with Gasteiger partial charge in [-0.15, -0.1) is 0 Å². The third-order valence-electron chi connectivity index (χ3n) is 5.56. The molecule has 1 saturated heterocycles. The second-order valence-corrected chi connectivity index (χ2v) is 7.12. The van der Waals surface area contributed by atoms with Gasteiger partial charge < -0.3 is 14.4 Å². The van der Waals surface area contributed by atoms with E-state index in [2.05, 4.69) is 59.2 Å². The standard InChI is InChI=1S/C23H32N2O2/c1-4-25-17-16-24(15-9-12-19-10-6-5-7-11-19)18-21(25)20-13-8-14-22(26-2)23(20)27-3/h5-8,10-11,13-14,21H,4,9,12,15-18H2,1-3H3. The second kappa shape index (κ2) is 9.77. The molecule has 1 heterocycles. The van der Waals surface area contributed by atoms with Crippen molar-refractivity contribution in [2.75, 3.05) is 46.9 Å². The molecule has 1 atom stereocenters. The van der Waals surface area contributed by atoms with Gasteiger partial charge >= 0.3 is 0 Å². The molecule has 0 radical (unpaired) electrons. The highest BCUT2D eigenvalue weighted by molar-refractivity contribution is 5.48. The number of hydrogen-bond donors (Lipinski definition) is 0. The lowest BCUT2D eigenvalue weighted by molar-refractivity contribution is 0.0761. The first kappa shape index (κ1) is 19.7. The normalized spacial score (nSPS) is 18.4. The van der Waals surface area contributed by atoms with Gasteiger partial charge in [-0.25, -0.2) is 0 Å². The van der Waals surface area contributed by atoms with Crippen molar-refractivity contribution in [2.45, 2.75) is 25.8 Å². The monoisotopic (exact) mass is 368 g/mol. The summed E-state index contributed by atoms with van der Waals surface area (Å²) in [5.74, 6) is 1.68. The molecule has 0 bridgehead atoms. The molecule has 0 amide bonds. The molecule has 0 spiro atoms. The average molecular weight is 369 g/mol. The zero-order chi connectivity index (χ0) is 19.1. The quantitative estimate of drug-likeness (QED) is 0.703. The van der Waals surface area contributed by atoms with Crippen LogP contribution in [0.2, 0.25) is 0 Å². The Morgan fingerprint density at radius 3 is 2.48 bits per heavy atom. The molecule has 2 aromatic carbocycles. The number of nitrogens with zero attached hydrogens (tertiary/aromatic N) is 2. The maximum atomic E-state index is 5.72. The lowest BCUT2D eigenvalue weighted by Crippen LogP contribution is -2.48. The molecule has 1 unspecified atom stereocenters. The second-order valence-electron chi connectivity index (χ2n) is 7.12. The molecular weight excluding hydrogens is 336 g/mol. The highest BCUT2D eigenvalue weighted by Crippen LogP contribution is 2.38. The van der Waals surface area contributed by atoms with Gasteiger partial charge in [0.25, 0.3) is 0 Å². The van der Waals surface area contributed by atoms with Gasteiger partial charge in [0, 0.05) is 25.2 Å². The average Bonchev–Trinajstić information content (AvgIpc) is 2.73. The number of piperazine rings is 1. The SMILES string of the molecule is CCN1CCN(CCCc2ccccc2)CC1c1cccc(OC)c1OC. The molecule has 0 aliphatic carbocycles. The van der Waals surface area contributed by atoms with Gasteiger partial charge in [0.1, 0.15) is 0 Å². The summed E-state index contributed by atoms with van der Waals surface area (Å²) in [6, 6.07) is 17.3. The fourth-order valence-corrected chi connectivity index (χ4v) is 4.08. The number of aryl methyl sites for hydroxylation is 1. The van der Waals surface area contributed by atoms with E-state index in [4.69, 9.17) is 9.47 Å². The Labute approximate surface area is 163 Å². The van der Waals surface area contributed by atoms with Crippen LogP contribution in [0.1, 0.15) is 30.5 Å². The van der Waals surface area contributed by atoms with Gasteiger partial charge in [-0.1, -0.05) is 49.4 Å². The number of methoxy groups -OCH3 is 2. The maximum absolute atomic E-state index is 5.72. The van der Waals surface area contributed by atoms with Crippen molar-refractivity contribution in [3.8, 4) is 11.5 Å². The van der Waals surface area contributed by atoms with E-state index >= 15 is 0 Å². The van der Waals surface area contributed by atoms with Crippen LogP contribution >= 0.6 is 0 Å². The van der Waals surface area contributed by atoms with Crippen LogP contribution in [0.5, 0.6) is 11.5 Å². The molecule has 4 nitrogen and oxygen atoms in total. The summed E-state index contributed by atoms with van der Waals surface area (Å²) < 4.78 is 11.2. The molecule has 3 rings (SSSR count). The predicted molar refractivity (Wildman–Crippen MR) is 111 cm³/mol. The molecular formula is C23H32N2O2. The number of ether oxygens (including phenoxy) is 2. The van der Waals surface area contributed by atoms with E-state index in [1.54, 1.807) is 14.2 Å². The summed E-state index contributed by atoms with van der Waals surface area (Å²) in [7, 11) is 3.44. The number of hydrogen-bond acceptors (Lipinski definition) is 4. The van der Waals surface area contributed by atoms with Gasteiger partial charge in [0.05, 0.1) is 20.3 Å². The van der Waals surface area contributed by atoms with Crippen LogP contribution in [0, 0.1) is 0 Å². The Balaban J connectivity index is 1.68. The van der Waals surface area contributed by atoms with Crippen LogP contribution in [0.15, 0.2) is 48.5 Å². The summed E-state index contributed by atoms with van der Waals surface area (Å²) in [5, 5.41) is 0. The fraction of sp³-hybridized carbons (Fsp3) is 0.478. The Morgan fingerprint density at radius 2 is 1.78 bits per heavy atom. The Kier molecular flexibility index (Phi) is 7.13. The highest BCUT2D eigenvalue weighted by Gasteiger charge is 2.30. The largest absolute Gasteiger partial charge is 0.493 e. The van der Waals surface area contributed by atoms with E-state index in [0.29, 0.717) is 6.04 Å². The van der Waals surface area contributed by atoms with Crippen molar-refractivity contribution in [3.05, 3.63) is 59.7 Å². The van der Waals surface area contributed by atoms with Crippen molar-refractivity contribution in [3.63, 3.8) is 0 Å². The first-order chi connectivity index (χ1) is 13.3. The topological polar surface area (TPSA) is 24.9 Å². The Bertz CT molecular complexity index is 705. The first-order valence-corrected chi connectivity index (χ1v) is 9.98. The van der Waals surface area contributed by atoms with E-state index < -0.39 is 0 Å². The van der Waals surface area contributed by atoms with Crippen LogP contribution in [-0.4, -0.2) is 56.7 Å². The summed E-state index contributed by atoms with van der Waals surface area (Å²) in [4.78, 5) is 5.14.